The number of nitrogens with one attached hydrogen (secondary N) is 2. The number of hydrogen-bond donors (Lipinski definition) is 2. The molecule has 4 rings (SSSR count). The van der Waals surface area contributed by atoms with Gasteiger partial charge in [0.2, 0.25) is 5.91 Å². The summed E-state index contributed by atoms with van der Waals surface area (Å²) in [7, 11) is 3.27. The van der Waals surface area contributed by atoms with Crippen molar-refractivity contribution in [2.45, 2.75) is 25.2 Å². The Kier molecular flexibility index (Phi) is 5.02. The highest BCUT2D eigenvalue weighted by atomic mass is 16.5. The second-order valence-electron chi connectivity index (χ2n) is 6.94. The Morgan fingerprint density at radius 3 is 2.57 bits per heavy atom. The van der Waals surface area contributed by atoms with E-state index in [4.69, 9.17) is 9.47 Å². The number of aromatic nitrogens is 2. The van der Waals surface area contributed by atoms with Crippen LogP contribution in [0.25, 0.3) is 11.1 Å². The monoisotopic (exact) mass is 377 g/mol. The summed E-state index contributed by atoms with van der Waals surface area (Å²) in [5.74, 6) is 2.51. The first-order valence-electron chi connectivity index (χ1n) is 9.33. The number of hydrogen-bond acceptors (Lipinski definition) is 4. The number of methoxy groups -OCH3 is 2. The van der Waals surface area contributed by atoms with Gasteiger partial charge in [0.05, 0.1) is 20.6 Å². The highest BCUT2D eigenvalue weighted by molar-refractivity contribution is 5.91. The first-order chi connectivity index (χ1) is 13.7. The number of amides is 1. The molecule has 0 atom stereocenters. The van der Waals surface area contributed by atoms with Crippen molar-refractivity contribution in [1.29, 1.82) is 0 Å². The summed E-state index contributed by atoms with van der Waals surface area (Å²) in [5.41, 5.74) is 3.83. The maximum absolute atomic E-state index is 12.4. The number of rotatable bonds is 7. The molecule has 1 aliphatic carbocycles. The van der Waals surface area contributed by atoms with E-state index in [9.17, 15) is 4.79 Å². The molecule has 1 saturated carbocycles. The Labute approximate surface area is 163 Å². The second-order valence-corrected chi connectivity index (χ2v) is 6.94. The van der Waals surface area contributed by atoms with Crippen LogP contribution in [0.2, 0.25) is 0 Å². The minimum atomic E-state index is -0.110. The summed E-state index contributed by atoms with van der Waals surface area (Å²) in [4.78, 5) is 12.4. The Balaban J connectivity index is 1.49. The first kappa shape index (κ1) is 18.1. The van der Waals surface area contributed by atoms with E-state index in [1.807, 2.05) is 48.5 Å². The summed E-state index contributed by atoms with van der Waals surface area (Å²) < 4.78 is 11.0. The first-order valence-corrected chi connectivity index (χ1v) is 9.33. The van der Waals surface area contributed by atoms with E-state index in [-0.39, 0.29) is 12.3 Å². The molecule has 1 aromatic heterocycles. The number of nitrogens with zero attached hydrogens (tertiary/aromatic N) is 1. The molecular formula is C22H23N3O3. The lowest BCUT2D eigenvalue weighted by Crippen LogP contribution is -2.14. The minimum Gasteiger partial charge on any atom is -0.496 e. The van der Waals surface area contributed by atoms with Gasteiger partial charge in [0.15, 0.2) is 5.82 Å². The number of carbonyl (C=O) groups excluding carboxylic acids is 1. The van der Waals surface area contributed by atoms with Crippen LogP contribution in [0.1, 0.15) is 30.0 Å². The fourth-order valence-corrected chi connectivity index (χ4v) is 3.31. The van der Waals surface area contributed by atoms with Crippen molar-refractivity contribution in [3.05, 3.63) is 59.8 Å². The summed E-state index contributed by atoms with van der Waals surface area (Å²) in [6.45, 7) is 0. The number of carbonyl (C=O) groups is 1. The van der Waals surface area contributed by atoms with E-state index in [0.717, 1.165) is 28.1 Å². The van der Waals surface area contributed by atoms with Crippen molar-refractivity contribution in [2.75, 3.05) is 19.5 Å². The fourth-order valence-electron chi connectivity index (χ4n) is 3.31. The van der Waals surface area contributed by atoms with Gasteiger partial charge in [-0.05, 0) is 30.5 Å². The quantitative estimate of drug-likeness (QED) is 0.648. The maximum Gasteiger partial charge on any atom is 0.229 e. The highest BCUT2D eigenvalue weighted by Crippen LogP contribution is 2.39. The largest absolute Gasteiger partial charge is 0.496 e. The molecule has 0 spiro atoms. The van der Waals surface area contributed by atoms with Crippen molar-refractivity contribution >= 4 is 11.7 Å². The summed E-state index contributed by atoms with van der Waals surface area (Å²) in [5, 5.41) is 10.0. The van der Waals surface area contributed by atoms with Gasteiger partial charge in [0.1, 0.15) is 11.5 Å². The Morgan fingerprint density at radius 1 is 1.07 bits per heavy atom. The SMILES string of the molecule is COc1ccccc1-c1ccc(CC(=O)Nc2cc(C3CC3)[nH]n2)cc1OC. The Hall–Kier alpha value is -3.28. The molecule has 144 valence electrons. The predicted octanol–water partition coefficient (Wildman–Crippen LogP) is 4.15. The van der Waals surface area contributed by atoms with Gasteiger partial charge in [-0.2, -0.15) is 5.10 Å². The van der Waals surface area contributed by atoms with Gasteiger partial charge in [-0.25, -0.2) is 0 Å². The number of anilines is 1. The number of aromatic amines is 1. The third-order valence-corrected chi connectivity index (χ3v) is 4.91. The molecule has 0 aliphatic heterocycles. The smallest absolute Gasteiger partial charge is 0.229 e. The number of para-hydroxylation sites is 1. The van der Waals surface area contributed by atoms with Crippen molar-refractivity contribution < 1.29 is 14.3 Å². The Bertz CT molecular complexity index is 992. The van der Waals surface area contributed by atoms with Crippen LogP contribution < -0.4 is 14.8 Å². The molecule has 1 fully saturated rings. The second kappa shape index (κ2) is 7.76. The highest BCUT2D eigenvalue weighted by Gasteiger charge is 2.25. The zero-order valence-electron chi connectivity index (χ0n) is 16.0. The van der Waals surface area contributed by atoms with Crippen molar-refractivity contribution in [1.82, 2.24) is 10.2 Å². The molecule has 2 aromatic carbocycles. The molecule has 1 heterocycles. The molecule has 3 aromatic rings. The van der Waals surface area contributed by atoms with Crippen LogP contribution in [0.3, 0.4) is 0 Å². The maximum atomic E-state index is 12.4. The van der Waals surface area contributed by atoms with Gasteiger partial charge in [-0.15, -0.1) is 0 Å². The normalized spacial score (nSPS) is 13.2. The topological polar surface area (TPSA) is 76.2 Å². The van der Waals surface area contributed by atoms with Gasteiger partial charge in [0, 0.05) is 28.8 Å². The third-order valence-electron chi connectivity index (χ3n) is 4.91. The van der Waals surface area contributed by atoms with Crippen LogP contribution in [0.15, 0.2) is 48.5 Å². The predicted molar refractivity (Wildman–Crippen MR) is 108 cm³/mol. The molecule has 0 unspecified atom stereocenters. The van der Waals surface area contributed by atoms with Gasteiger partial charge in [0.25, 0.3) is 0 Å². The molecule has 28 heavy (non-hydrogen) atoms. The molecule has 1 aliphatic rings. The summed E-state index contributed by atoms with van der Waals surface area (Å²) >= 11 is 0. The lowest BCUT2D eigenvalue weighted by Gasteiger charge is -2.13. The summed E-state index contributed by atoms with van der Waals surface area (Å²) in [6, 6.07) is 15.5. The molecule has 6 heteroatoms. The Morgan fingerprint density at radius 2 is 1.82 bits per heavy atom. The van der Waals surface area contributed by atoms with Crippen LogP contribution >= 0.6 is 0 Å². The molecule has 6 nitrogen and oxygen atoms in total. The molecule has 0 bridgehead atoms. The third kappa shape index (κ3) is 3.86. The van der Waals surface area contributed by atoms with Gasteiger partial charge in [-0.1, -0.05) is 30.3 Å². The average molecular weight is 377 g/mol. The average Bonchev–Trinajstić information content (AvgIpc) is 3.47. The molecule has 0 radical (unpaired) electrons. The molecule has 0 saturated heterocycles. The summed E-state index contributed by atoms with van der Waals surface area (Å²) in [6.07, 6.45) is 2.62. The molecular weight excluding hydrogens is 354 g/mol. The van der Waals surface area contributed by atoms with Crippen LogP contribution in [-0.4, -0.2) is 30.3 Å². The van der Waals surface area contributed by atoms with Gasteiger partial charge < -0.3 is 14.8 Å². The van der Waals surface area contributed by atoms with Crippen molar-refractivity contribution in [3.8, 4) is 22.6 Å². The van der Waals surface area contributed by atoms with Gasteiger partial charge >= 0.3 is 0 Å². The number of ether oxygens (including phenoxy) is 2. The van der Waals surface area contributed by atoms with Crippen LogP contribution in [0.5, 0.6) is 11.5 Å². The fraction of sp³-hybridized carbons (Fsp3) is 0.273. The minimum absolute atomic E-state index is 0.110. The molecule has 1 amide bonds. The van der Waals surface area contributed by atoms with E-state index < -0.39 is 0 Å². The number of benzene rings is 2. The van der Waals surface area contributed by atoms with E-state index >= 15 is 0 Å². The standard InChI is InChI=1S/C22H23N3O3/c1-27-19-6-4-3-5-16(19)17-10-7-14(11-20(17)28-2)12-22(26)23-21-13-18(24-25-21)15-8-9-15/h3-7,10-11,13,15H,8-9,12H2,1-2H3,(H2,23,24,25,26). The number of H-pyrrole nitrogens is 1. The molecule has 2 N–H and O–H groups in total. The lowest BCUT2D eigenvalue weighted by atomic mass is 10.0. The van der Waals surface area contributed by atoms with Crippen LogP contribution in [-0.2, 0) is 11.2 Å². The van der Waals surface area contributed by atoms with Gasteiger partial charge in [-0.3, -0.25) is 9.89 Å². The van der Waals surface area contributed by atoms with E-state index in [1.165, 1.54) is 12.8 Å². The van der Waals surface area contributed by atoms with Crippen LogP contribution in [0.4, 0.5) is 5.82 Å². The van der Waals surface area contributed by atoms with Crippen molar-refractivity contribution in [3.63, 3.8) is 0 Å². The van der Waals surface area contributed by atoms with E-state index in [2.05, 4.69) is 15.5 Å². The zero-order chi connectivity index (χ0) is 19.5. The van der Waals surface area contributed by atoms with Crippen LogP contribution in [0, 0.1) is 0 Å². The van der Waals surface area contributed by atoms with E-state index in [0.29, 0.717) is 17.5 Å². The van der Waals surface area contributed by atoms with E-state index in [1.54, 1.807) is 14.2 Å². The van der Waals surface area contributed by atoms with Crippen molar-refractivity contribution in [2.24, 2.45) is 0 Å². The lowest BCUT2D eigenvalue weighted by molar-refractivity contribution is -0.115. The zero-order valence-corrected chi connectivity index (χ0v) is 16.0.